The monoisotopic (exact) mass is 395 g/mol. The van der Waals surface area contributed by atoms with Crippen LogP contribution in [0.4, 0.5) is 0 Å². The van der Waals surface area contributed by atoms with E-state index in [0.717, 1.165) is 20.6 Å². The number of aromatic nitrogens is 2. The van der Waals surface area contributed by atoms with Crippen molar-refractivity contribution in [2.45, 2.75) is 25.3 Å². The SMILES string of the molecule is CSc1ccc(-n2c(-c3ccc(C)cc3)cc(=O)n(C/C(C)=N/O)c2=O)cc1. The van der Waals surface area contributed by atoms with Crippen molar-refractivity contribution in [2.75, 3.05) is 6.26 Å². The number of thioether (sulfide) groups is 1. The van der Waals surface area contributed by atoms with Crippen molar-refractivity contribution >= 4 is 17.5 Å². The van der Waals surface area contributed by atoms with Gasteiger partial charge in [-0.15, -0.1) is 11.8 Å². The van der Waals surface area contributed by atoms with E-state index in [2.05, 4.69) is 5.16 Å². The molecule has 1 aromatic heterocycles. The molecule has 1 heterocycles. The molecular weight excluding hydrogens is 374 g/mol. The van der Waals surface area contributed by atoms with Gasteiger partial charge in [-0.1, -0.05) is 35.0 Å². The number of hydrogen-bond donors (Lipinski definition) is 1. The quantitative estimate of drug-likeness (QED) is 0.310. The Balaban J connectivity index is 2.30. The van der Waals surface area contributed by atoms with Gasteiger partial charge in [-0.3, -0.25) is 13.9 Å². The van der Waals surface area contributed by atoms with Crippen molar-refractivity contribution in [2.24, 2.45) is 5.16 Å². The summed E-state index contributed by atoms with van der Waals surface area (Å²) in [7, 11) is 0. The van der Waals surface area contributed by atoms with Gasteiger partial charge in [-0.25, -0.2) is 4.79 Å². The summed E-state index contributed by atoms with van der Waals surface area (Å²) in [6.07, 6.45) is 1.98. The van der Waals surface area contributed by atoms with Crippen LogP contribution in [-0.2, 0) is 6.54 Å². The summed E-state index contributed by atoms with van der Waals surface area (Å²) in [4.78, 5) is 27.0. The first kappa shape index (κ1) is 19.7. The van der Waals surface area contributed by atoms with Crippen molar-refractivity contribution in [1.29, 1.82) is 0 Å². The molecule has 28 heavy (non-hydrogen) atoms. The maximum atomic E-state index is 13.2. The van der Waals surface area contributed by atoms with Gasteiger partial charge in [-0.05, 0) is 49.9 Å². The molecule has 0 amide bonds. The Morgan fingerprint density at radius 3 is 2.29 bits per heavy atom. The van der Waals surface area contributed by atoms with E-state index in [1.165, 1.54) is 10.6 Å². The van der Waals surface area contributed by atoms with Crippen molar-refractivity contribution in [1.82, 2.24) is 9.13 Å². The van der Waals surface area contributed by atoms with Crippen LogP contribution in [0.5, 0.6) is 0 Å². The van der Waals surface area contributed by atoms with Gasteiger partial charge in [-0.2, -0.15) is 0 Å². The summed E-state index contributed by atoms with van der Waals surface area (Å²) in [5, 5.41) is 12.0. The molecule has 0 saturated heterocycles. The first-order valence-electron chi connectivity index (χ1n) is 8.70. The summed E-state index contributed by atoms with van der Waals surface area (Å²) in [5.41, 5.74) is 2.38. The lowest BCUT2D eigenvalue weighted by Crippen LogP contribution is -2.41. The minimum absolute atomic E-state index is 0.0781. The fourth-order valence-electron chi connectivity index (χ4n) is 2.90. The van der Waals surface area contributed by atoms with Crippen LogP contribution < -0.4 is 11.2 Å². The lowest BCUT2D eigenvalue weighted by Gasteiger charge is -2.16. The number of nitrogens with zero attached hydrogens (tertiary/aromatic N) is 3. The zero-order valence-corrected chi connectivity index (χ0v) is 16.7. The summed E-state index contributed by atoms with van der Waals surface area (Å²) in [5.74, 6) is 0. The van der Waals surface area contributed by atoms with Gasteiger partial charge in [0.2, 0.25) is 0 Å². The second-order valence-corrected chi connectivity index (χ2v) is 7.35. The summed E-state index contributed by atoms with van der Waals surface area (Å²) in [6.45, 7) is 3.45. The number of benzene rings is 2. The first-order chi connectivity index (χ1) is 13.4. The van der Waals surface area contributed by atoms with E-state index < -0.39 is 11.2 Å². The highest BCUT2D eigenvalue weighted by Crippen LogP contribution is 2.22. The fraction of sp³-hybridized carbons (Fsp3) is 0.190. The van der Waals surface area contributed by atoms with Crippen LogP contribution >= 0.6 is 11.8 Å². The Morgan fingerprint density at radius 1 is 1.07 bits per heavy atom. The van der Waals surface area contributed by atoms with E-state index in [9.17, 15) is 9.59 Å². The third-order valence-corrected chi connectivity index (χ3v) is 5.17. The Labute approximate surface area is 166 Å². The summed E-state index contributed by atoms with van der Waals surface area (Å²) >= 11 is 1.61. The maximum Gasteiger partial charge on any atom is 0.336 e. The maximum absolute atomic E-state index is 13.2. The van der Waals surface area contributed by atoms with Gasteiger partial charge in [0.05, 0.1) is 23.6 Å². The highest BCUT2D eigenvalue weighted by atomic mass is 32.2. The molecule has 0 bridgehead atoms. The minimum Gasteiger partial charge on any atom is -0.411 e. The highest BCUT2D eigenvalue weighted by Gasteiger charge is 2.15. The first-order valence-corrected chi connectivity index (χ1v) is 9.93. The van der Waals surface area contributed by atoms with Crippen molar-refractivity contribution in [3.05, 3.63) is 81.0 Å². The van der Waals surface area contributed by atoms with E-state index in [-0.39, 0.29) is 12.3 Å². The zero-order chi connectivity index (χ0) is 20.3. The topological polar surface area (TPSA) is 76.6 Å². The molecule has 0 aliphatic rings. The predicted octanol–water partition coefficient (Wildman–Crippen LogP) is 3.55. The van der Waals surface area contributed by atoms with Crippen LogP contribution in [0.2, 0.25) is 0 Å². The van der Waals surface area contributed by atoms with Crippen molar-refractivity contribution in [3.8, 4) is 16.9 Å². The fourth-order valence-corrected chi connectivity index (χ4v) is 3.31. The van der Waals surface area contributed by atoms with E-state index in [0.29, 0.717) is 11.4 Å². The molecule has 1 N–H and O–H groups in total. The van der Waals surface area contributed by atoms with Crippen LogP contribution in [0, 0.1) is 6.92 Å². The number of oxime groups is 1. The molecule has 144 valence electrons. The molecule has 0 aliphatic carbocycles. The van der Waals surface area contributed by atoms with Gasteiger partial charge in [0.25, 0.3) is 5.56 Å². The number of aryl methyl sites for hydroxylation is 1. The van der Waals surface area contributed by atoms with Gasteiger partial charge >= 0.3 is 5.69 Å². The largest absolute Gasteiger partial charge is 0.411 e. The van der Waals surface area contributed by atoms with Gasteiger partial charge in [0, 0.05) is 11.0 Å². The molecule has 2 aromatic carbocycles. The number of hydrogen-bond acceptors (Lipinski definition) is 5. The second kappa shape index (κ2) is 8.31. The molecule has 0 spiro atoms. The highest BCUT2D eigenvalue weighted by molar-refractivity contribution is 7.98. The minimum atomic E-state index is -0.483. The normalized spacial score (nSPS) is 11.6. The van der Waals surface area contributed by atoms with Crippen LogP contribution in [-0.4, -0.2) is 26.3 Å². The molecule has 0 unspecified atom stereocenters. The molecule has 0 saturated carbocycles. The average molecular weight is 395 g/mol. The Kier molecular flexibility index (Phi) is 5.84. The van der Waals surface area contributed by atoms with Crippen molar-refractivity contribution < 1.29 is 5.21 Å². The molecule has 6 nitrogen and oxygen atoms in total. The molecule has 0 atom stereocenters. The Hall–Kier alpha value is -3.06. The van der Waals surface area contributed by atoms with Crippen molar-refractivity contribution in [3.63, 3.8) is 0 Å². The number of rotatable bonds is 5. The molecule has 0 fully saturated rings. The van der Waals surface area contributed by atoms with Gasteiger partial charge < -0.3 is 5.21 Å². The van der Waals surface area contributed by atoms with Crippen LogP contribution in [0.15, 0.2) is 74.2 Å². The molecule has 0 radical (unpaired) electrons. The van der Waals surface area contributed by atoms with E-state index >= 15 is 0 Å². The molecular formula is C21H21N3O3S. The van der Waals surface area contributed by atoms with Crippen LogP contribution in [0.25, 0.3) is 16.9 Å². The lowest BCUT2D eigenvalue weighted by molar-refractivity contribution is 0.316. The molecule has 3 aromatic rings. The summed E-state index contributed by atoms with van der Waals surface area (Å²) in [6, 6.07) is 16.7. The van der Waals surface area contributed by atoms with E-state index in [1.54, 1.807) is 18.7 Å². The van der Waals surface area contributed by atoms with Crippen LogP contribution in [0.3, 0.4) is 0 Å². The zero-order valence-electron chi connectivity index (χ0n) is 15.9. The van der Waals surface area contributed by atoms with Gasteiger partial charge in [0.1, 0.15) is 0 Å². The molecule has 3 rings (SSSR count). The smallest absolute Gasteiger partial charge is 0.336 e. The van der Waals surface area contributed by atoms with Gasteiger partial charge in [0.15, 0.2) is 0 Å². The van der Waals surface area contributed by atoms with E-state index in [4.69, 9.17) is 5.21 Å². The standard InChI is InChI=1S/C21H21N3O3S/c1-14-4-6-16(7-5-14)19-12-20(25)23(13-15(2)22-27)21(26)24(19)17-8-10-18(28-3)11-9-17/h4-12,27H,13H2,1-3H3/b22-15+. The Bertz CT molecular complexity index is 1130. The Morgan fingerprint density at radius 2 is 1.71 bits per heavy atom. The third-order valence-electron chi connectivity index (χ3n) is 4.42. The molecule has 7 heteroatoms. The molecule has 0 aliphatic heterocycles. The van der Waals surface area contributed by atoms with E-state index in [1.807, 2.05) is 61.7 Å². The predicted molar refractivity (Wildman–Crippen MR) is 113 cm³/mol. The second-order valence-electron chi connectivity index (χ2n) is 6.47. The summed E-state index contributed by atoms with van der Waals surface area (Å²) < 4.78 is 2.58. The average Bonchev–Trinajstić information content (AvgIpc) is 2.71. The van der Waals surface area contributed by atoms with Crippen LogP contribution in [0.1, 0.15) is 12.5 Å². The lowest BCUT2D eigenvalue weighted by atomic mass is 10.1. The third kappa shape index (κ3) is 3.94.